The molecule has 1 aliphatic rings. The topological polar surface area (TPSA) is 74.6 Å². The quantitative estimate of drug-likeness (QED) is 0.740. The van der Waals surface area contributed by atoms with E-state index in [0.717, 1.165) is 11.3 Å². The molecule has 0 bridgehead atoms. The number of thiophene rings is 1. The van der Waals surface area contributed by atoms with E-state index in [1.807, 2.05) is 0 Å². The minimum atomic E-state index is -3.59. The highest BCUT2D eigenvalue weighted by Crippen LogP contribution is 2.31. The Labute approximate surface area is 179 Å². The Hall–Kier alpha value is -1.86. The van der Waals surface area contributed by atoms with Gasteiger partial charge in [-0.1, -0.05) is 6.37 Å². The number of piperidine rings is 1. The smallest absolute Gasteiger partial charge is 0.268 e. The van der Waals surface area contributed by atoms with Crippen LogP contribution in [0.25, 0.3) is 10.2 Å². The van der Waals surface area contributed by atoms with E-state index in [4.69, 9.17) is 21.9 Å². The van der Waals surface area contributed by atoms with E-state index in [9.17, 15) is 14.7 Å². The number of carbonyl (C=O) groups excluding carboxylic acids is 1. The van der Waals surface area contributed by atoms with Gasteiger partial charge in [0.25, 0.3) is 11.5 Å². The number of hydrogen-bond acceptors (Lipinski definition) is 5. The first-order valence-electron chi connectivity index (χ1n) is 15.6. The number of hydrogen-bond donors (Lipinski definition) is 2. The summed E-state index contributed by atoms with van der Waals surface area (Å²) in [7, 11) is 0. The molecule has 3 rings (SSSR count). The highest BCUT2D eigenvalue weighted by Gasteiger charge is 2.23. The van der Waals surface area contributed by atoms with Crippen molar-refractivity contribution >= 4 is 27.5 Å². The molecule has 6 nitrogen and oxygen atoms in total. The van der Waals surface area contributed by atoms with Gasteiger partial charge < -0.3 is 15.3 Å². The van der Waals surface area contributed by atoms with Crippen molar-refractivity contribution < 1.29 is 31.8 Å². The predicted molar refractivity (Wildman–Crippen MR) is 105 cm³/mol. The zero-order chi connectivity index (χ0) is 32.6. The van der Waals surface area contributed by atoms with Crippen LogP contribution in [0.15, 0.2) is 16.2 Å². The van der Waals surface area contributed by atoms with Gasteiger partial charge in [-0.2, -0.15) is 0 Å². The number of pyridine rings is 1. The molecule has 2 aromatic heterocycles. The van der Waals surface area contributed by atoms with Crippen LogP contribution in [0.3, 0.4) is 0 Å². The zero-order valence-electron chi connectivity index (χ0n) is 29.4. The van der Waals surface area contributed by atoms with Crippen LogP contribution < -0.4 is 10.9 Å². The summed E-state index contributed by atoms with van der Waals surface area (Å²) in [6.45, 7) is -14.4. The van der Waals surface area contributed by atoms with Crippen molar-refractivity contribution in [2.24, 2.45) is 0 Å². The van der Waals surface area contributed by atoms with Crippen molar-refractivity contribution in [3.63, 3.8) is 0 Å². The molecule has 0 spiro atoms. The molecule has 0 atom stereocenters. The maximum absolute atomic E-state index is 13.4. The first-order chi connectivity index (χ1) is 18.7. The Morgan fingerprint density at radius 2 is 2.19 bits per heavy atom. The van der Waals surface area contributed by atoms with Crippen molar-refractivity contribution in [2.45, 2.75) is 45.3 Å². The average molecular weight is 394 g/mol. The van der Waals surface area contributed by atoms with Gasteiger partial charge in [-0.25, -0.2) is 0 Å². The summed E-state index contributed by atoms with van der Waals surface area (Å²) in [6.07, 6.45) is -11.0. The molecule has 0 unspecified atom stereocenters. The van der Waals surface area contributed by atoms with Gasteiger partial charge in [0.05, 0.1) is 5.39 Å². The van der Waals surface area contributed by atoms with E-state index in [0.29, 0.717) is 4.57 Å². The lowest BCUT2D eigenvalue weighted by atomic mass is 10.1. The number of fused-ring (bicyclic) bond motifs is 1. The van der Waals surface area contributed by atoms with Crippen LogP contribution in [0.2, 0.25) is 0 Å². The fraction of sp³-hybridized carbons (Fsp3) is 0.579. The second-order valence-electron chi connectivity index (χ2n) is 5.30. The molecule has 0 aliphatic carbocycles. The van der Waals surface area contributed by atoms with Crippen LogP contribution in [-0.2, 0) is 0 Å². The van der Waals surface area contributed by atoms with Crippen molar-refractivity contribution in [1.29, 1.82) is 0 Å². The van der Waals surface area contributed by atoms with Crippen LogP contribution >= 0.6 is 11.3 Å². The van der Waals surface area contributed by atoms with Crippen LogP contribution in [0.4, 0.5) is 0 Å². The van der Waals surface area contributed by atoms with Crippen LogP contribution in [0.1, 0.15) is 77.6 Å². The minimum absolute atomic E-state index is 0.170. The Bertz CT molecular complexity index is 1380. The fourth-order valence-electron chi connectivity index (χ4n) is 2.45. The normalized spacial score (nSPS) is 35.4. The lowest BCUT2D eigenvalue weighted by molar-refractivity contribution is 0.0946. The Kier molecular flexibility index (Phi) is 2.30. The maximum Gasteiger partial charge on any atom is 0.268 e. The molecule has 1 fully saturated rings. The maximum atomic E-state index is 13.4. The number of aromatic nitrogens is 1. The van der Waals surface area contributed by atoms with Gasteiger partial charge in [-0.05, 0) is 63.9 Å². The second-order valence-corrected chi connectivity index (χ2v) is 6.19. The number of amides is 1. The summed E-state index contributed by atoms with van der Waals surface area (Å²) in [5.74, 6) is -2.13. The van der Waals surface area contributed by atoms with Gasteiger partial charge in [0, 0.05) is 34.5 Å². The summed E-state index contributed by atoms with van der Waals surface area (Å²) in [6, 6.07) is -1.13. The first-order valence-corrected chi connectivity index (χ1v) is 8.47. The average Bonchev–Trinajstić information content (AvgIpc) is 3.28. The van der Waals surface area contributed by atoms with Gasteiger partial charge in [-0.3, -0.25) is 14.2 Å². The summed E-state index contributed by atoms with van der Waals surface area (Å²) < 4.78 is 127. The number of carbonyl (C=O) groups is 1. The van der Waals surface area contributed by atoms with Gasteiger partial charge in [0.1, 0.15) is 16.1 Å². The molecule has 0 aromatic carbocycles. The number of rotatable bonds is 6. The molecule has 1 saturated heterocycles. The van der Waals surface area contributed by atoms with E-state index in [1.54, 1.807) is 0 Å². The second kappa shape index (κ2) is 8.22. The monoisotopic (exact) mass is 393 g/mol. The zero-order valence-corrected chi connectivity index (χ0v) is 14.2. The van der Waals surface area contributed by atoms with Crippen molar-refractivity contribution in [1.82, 2.24) is 14.8 Å². The lowest BCUT2D eigenvalue weighted by Crippen LogP contribution is -2.36. The highest BCUT2D eigenvalue weighted by atomic mass is 32.1. The van der Waals surface area contributed by atoms with Gasteiger partial charge >= 0.3 is 0 Å². The van der Waals surface area contributed by atoms with Crippen LogP contribution in [-0.4, -0.2) is 46.6 Å². The van der Waals surface area contributed by atoms with E-state index >= 15 is 0 Å². The number of nitrogens with zero attached hydrogens (tertiary/aromatic N) is 2. The molecule has 1 aliphatic heterocycles. The summed E-state index contributed by atoms with van der Waals surface area (Å²) >= 11 is 0.766. The molecule has 3 heterocycles. The fourth-order valence-corrected chi connectivity index (χ4v) is 3.37. The third kappa shape index (κ3) is 3.78. The molecular formula is C19H27N3O3S. The SMILES string of the molecule is [2H]C([2H])([2H])C(n1c(=O)c(C(=O)NCCCN2C([2H])([2H])C([2H])([2H])C([2H])([2H])C([2H])([2H])C2([2H])[2H])c(O)c2ccsc21)C([2H])([2H])[2H]. The van der Waals surface area contributed by atoms with Crippen LogP contribution in [0.5, 0.6) is 5.75 Å². The van der Waals surface area contributed by atoms with Crippen LogP contribution in [0, 0.1) is 0 Å². The van der Waals surface area contributed by atoms with Gasteiger partial charge in [0.2, 0.25) is 0 Å². The van der Waals surface area contributed by atoms with E-state index in [-0.39, 0.29) is 21.5 Å². The van der Waals surface area contributed by atoms with E-state index in [2.05, 4.69) is 5.32 Å². The summed E-state index contributed by atoms with van der Waals surface area (Å²) in [5.41, 5.74) is -2.39. The van der Waals surface area contributed by atoms with Crippen molar-refractivity contribution in [2.75, 3.05) is 26.1 Å². The lowest BCUT2D eigenvalue weighted by Gasteiger charge is -2.26. The Morgan fingerprint density at radius 3 is 2.92 bits per heavy atom. The van der Waals surface area contributed by atoms with E-state index in [1.165, 1.54) is 11.4 Å². The molecular weight excluding hydrogens is 350 g/mol. The number of nitrogens with one attached hydrogen (secondary N) is 1. The van der Waals surface area contributed by atoms with E-state index < -0.39 is 87.7 Å². The van der Waals surface area contributed by atoms with Crippen molar-refractivity contribution in [3.8, 4) is 5.75 Å². The molecule has 2 aromatic rings. The Morgan fingerprint density at radius 1 is 1.42 bits per heavy atom. The summed E-state index contributed by atoms with van der Waals surface area (Å²) in [5, 5.41) is 14.1. The van der Waals surface area contributed by atoms with Gasteiger partial charge in [0.15, 0.2) is 0 Å². The number of aromatic hydroxyl groups is 1. The molecule has 7 heteroatoms. The van der Waals surface area contributed by atoms with Gasteiger partial charge in [-0.15, -0.1) is 11.3 Å². The molecule has 142 valence electrons. The molecule has 0 radical (unpaired) electrons. The number of likely N-dealkylation sites (tertiary alicyclic amines) is 1. The Balaban J connectivity index is 1.93. The minimum Gasteiger partial charge on any atom is -0.506 e. The summed E-state index contributed by atoms with van der Waals surface area (Å²) in [4.78, 5) is 26.4. The predicted octanol–water partition coefficient (Wildman–Crippen LogP) is 2.96. The first kappa shape index (κ1) is 7.28. The standard InChI is InChI=1S/C19H27N3O3S/c1-13(2)22-18(25)15(16(23)14-7-12-26-19(14)22)17(24)20-8-6-11-21-9-4-3-5-10-21/h7,12-13,23H,3-6,8-11H2,1-2H3,(H,20,24)/i1D3,2D3,3D2,4D2,5D2,9D2,10D2. The molecule has 1 amide bonds. The molecule has 26 heavy (non-hydrogen) atoms. The molecule has 2 N–H and O–H groups in total. The molecule has 0 saturated carbocycles. The highest BCUT2D eigenvalue weighted by molar-refractivity contribution is 7.16. The third-order valence-corrected chi connectivity index (χ3v) is 4.54. The largest absolute Gasteiger partial charge is 0.506 e. The van der Waals surface area contributed by atoms with Crippen molar-refractivity contribution in [3.05, 3.63) is 27.4 Å². The third-order valence-electron chi connectivity index (χ3n) is 3.62.